The lowest BCUT2D eigenvalue weighted by molar-refractivity contribution is 0.0699. The van der Waals surface area contributed by atoms with Crippen molar-refractivity contribution in [1.82, 2.24) is 0 Å². The van der Waals surface area contributed by atoms with E-state index >= 15 is 0 Å². The molecule has 2 rings (SSSR count). The zero-order chi connectivity index (χ0) is 11.0. The molecular weight excluding hydrogens is 192 g/mol. The fourth-order valence-corrected chi connectivity index (χ4v) is 1.75. The quantitative estimate of drug-likeness (QED) is 0.747. The molecule has 0 atom stereocenters. The number of fused-ring (bicyclic) bond motifs is 1. The zero-order valence-electron chi connectivity index (χ0n) is 8.19. The van der Waals surface area contributed by atoms with Crippen molar-refractivity contribution in [3.05, 3.63) is 41.5 Å². The van der Waals surface area contributed by atoms with Crippen LogP contribution in [-0.4, -0.2) is 16.2 Å². The van der Waals surface area contributed by atoms with E-state index in [-0.39, 0.29) is 11.3 Å². The zero-order valence-corrected chi connectivity index (χ0v) is 8.19. The number of carboxylic acids is 1. The summed E-state index contributed by atoms with van der Waals surface area (Å²) in [6.45, 7) is 1.83. The third-order valence-electron chi connectivity index (χ3n) is 2.46. The highest BCUT2D eigenvalue weighted by Crippen LogP contribution is 2.29. The van der Waals surface area contributed by atoms with E-state index in [2.05, 4.69) is 0 Å². The molecule has 0 unspecified atom stereocenters. The Balaban J connectivity index is 2.96. The Morgan fingerprint density at radius 3 is 2.60 bits per heavy atom. The molecule has 2 N–H and O–H groups in total. The highest BCUT2D eigenvalue weighted by Gasteiger charge is 2.12. The smallest absolute Gasteiger partial charge is 0.336 e. The Morgan fingerprint density at radius 1 is 1.20 bits per heavy atom. The first kappa shape index (κ1) is 9.52. The van der Waals surface area contributed by atoms with Gasteiger partial charge in [0, 0.05) is 10.8 Å². The summed E-state index contributed by atoms with van der Waals surface area (Å²) < 4.78 is 0. The number of hydrogen-bond donors (Lipinski definition) is 2. The van der Waals surface area contributed by atoms with E-state index in [4.69, 9.17) is 5.11 Å². The van der Waals surface area contributed by atoms with Crippen LogP contribution < -0.4 is 0 Å². The van der Waals surface area contributed by atoms with Gasteiger partial charge in [0.05, 0.1) is 5.56 Å². The summed E-state index contributed by atoms with van der Waals surface area (Å²) in [4.78, 5) is 11.0. The maximum absolute atomic E-state index is 11.0. The van der Waals surface area contributed by atoms with Gasteiger partial charge in [-0.05, 0) is 24.6 Å². The van der Waals surface area contributed by atoms with Crippen LogP contribution in [0.2, 0.25) is 0 Å². The molecule has 2 aromatic rings. The molecule has 15 heavy (non-hydrogen) atoms. The summed E-state index contributed by atoms with van der Waals surface area (Å²) in [7, 11) is 0. The first-order chi connectivity index (χ1) is 7.11. The standard InChI is InChI=1S/C12H10O3/c1-7-3-2-4-8-10(13)6-5-9(11(7)8)12(14)15/h2-6,13H,1H3,(H,14,15). The minimum absolute atomic E-state index is 0.110. The van der Waals surface area contributed by atoms with Gasteiger partial charge < -0.3 is 10.2 Å². The SMILES string of the molecule is Cc1cccc2c(O)ccc(C(=O)O)c12. The lowest BCUT2D eigenvalue weighted by atomic mass is 9.99. The van der Waals surface area contributed by atoms with Crippen LogP contribution in [0.15, 0.2) is 30.3 Å². The highest BCUT2D eigenvalue weighted by molar-refractivity contribution is 6.06. The number of aryl methyl sites for hydroxylation is 1. The molecule has 0 saturated heterocycles. The van der Waals surface area contributed by atoms with Crippen LogP contribution in [-0.2, 0) is 0 Å². The van der Waals surface area contributed by atoms with Crippen LogP contribution in [0.25, 0.3) is 10.8 Å². The molecule has 0 aromatic heterocycles. The van der Waals surface area contributed by atoms with E-state index in [0.29, 0.717) is 10.8 Å². The summed E-state index contributed by atoms with van der Waals surface area (Å²) in [5.41, 5.74) is 1.07. The Kier molecular flexibility index (Phi) is 2.08. The summed E-state index contributed by atoms with van der Waals surface area (Å²) in [6, 6.07) is 8.17. The topological polar surface area (TPSA) is 57.5 Å². The van der Waals surface area contributed by atoms with Crippen molar-refractivity contribution in [2.24, 2.45) is 0 Å². The van der Waals surface area contributed by atoms with Gasteiger partial charge in [-0.2, -0.15) is 0 Å². The highest BCUT2D eigenvalue weighted by atomic mass is 16.4. The largest absolute Gasteiger partial charge is 0.507 e. The molecule has 0 aliphatic rings. The van der Waals surface area contributed by atoms with Crippen molar-refractivity contribution in [3.8, 4) is 5.75 Å². The molecule has 0 aliphatic heterocycles. The Labute approximate surface area is 86.6 Å². The van der Waals surface area contributed by atoms with E-state index in [9.17, 15) is 9.90 Å². The molecular formula is C12H10O3. The van der Waals surface area contributed by atoms with Gasteiger partial charge >= 0.3 is 5.97 Å². The number of aromatic hydroxyl groups is 1. The van der Waals surface area contributed by atoms with Crippen LogP contribution >= 0.6 is 0 Å². The fourth-order valence-electron chi connectivity index (χ4n) is 1.75. The number of aromatic carboxylic acids is 1. The molecule has 0 heterocycles. The normalized spacial score (nSPS) is 10.5. The van der Waals surface area contributed by atoms with Gasteiger partial charge in [0.25, 0.3) is 0 Å². The van der Waals surface area contributed by atoms with Gasteiger partial charge in [-0.3, -0.25) is 0 Å². The minimum Gasteiger partial charge on any atom is -0.507 e. The minimum atomic E-state index is -0.977. The first-order valence-corrected chi connectivity index (χ1v) is 4.56. The molecule has 0 spiro atoms. The fraction of sp³-hybridized carbons (Fsp3) is 0.0833. The molecule has 0 radical (unpaired) electrons. The average Bonchev–Trinajstić information content (AvgIpc) is 2.19. The lowest BCUT2D eigenvalue weighted by Crippen LogP contribution is -1.98. The number of phenolic OH excluding ortho intramolecular Hbond substituents is 1. The summed E-state index contributed by atoms with van der Waals surface area (Å²) in [5, 5.41) is 19.8. The predicted octanol–water partition coefficient (Wildman–Crippen LogP) is 2.55. The summed E-state index contributed by atoms with van der Waals surface area (Å²) in [6.07, 6.45) is 0. The second-order valence-electron chi connectivity index (χ2n) is 3.43. The maximum Gasteiger partial charge on any atom is 0.336 e. The van der Waals surface area contributed by atoms with Crippen molar-refractivity contribution >= 4 is 16.7 Å². The number of carboxylic acid groups (broad SMARTS) is 1. The molecule has 0 amide bonds. The van der Waals surface area contributed by atoms with Crippen molar-refractivity contribution in [3.63, 3.8) is 0 Å². The van der Waals surface area contributed by atoms with Crippen molar-refractivity contribution < 1.29 is 15.0 Å². The van der Waals surface area contributed by atoms with Crippen LogP contribution in [0.4, 0.5) is 0 Å². The van der Waals surface area contributed by atoms with E-state index in [1.165, 1.54) is 12.1 Å². The van der Waals surface area contributed by atoms with E-state index in [1.807, 2.05) is 13.0 Å². The third-order valence-corrected chi connectivity index (χ3v) is 2.46. The summed E-state index contributed by atoms with van der Waals surface area (Å²) >= 11 is 0. The van der Waals surface area contributed by atoms with Crippen molar-refractivity contribution in [2.75, 3.05) is 0 Å². The van der Waals surface area contributed by atoms with Crippen LogP contribution in [0.3, 0.4) is 0 Å². The molecule has 76 valence electrons. The second-order valence-corrected chi connectivity index (χ2v) is 3.43. The second kappa shape index (κ2) is 3.28. The van der Waals surface area contributed by atoms with Gasteiger partial charge in [-0.15, -0.1) is 0 Å². The molecule has 0 aliphatic carbocycles. The lowest BCUT2D eigenvalue weighted by Gasteiger charge is -2.07. The third kappa shape index (κ3) is 1.42. The average molecular weight is 202 g/mol. The van der Waals surface area contributed by atoms with Crippen LogP contribution in [0, 0.1) is 6.92 Å². The van der Waals surface area contributed by atoms with Crippen LogP contribution in [0.1, 0.15) is 15.9 Å². The first-order valence-electron chi connectivity index (χ1n) is 4.56. The number of hydrogen-bond acceptors (Lipinski definition) is 2. The van der Waals surface area contributed by atoms with Crippen molar-refractivity contribution in [2.45, 2.75) is 6.92 Å². The Morgan fingerprint density at radius 2 is 1.93 bits per heavy atom. The number of phenols is 1. The summed E-state index contributed by atoms with van der Waals surface area (Å²) in [5.74, 6) is -0.868. The van der Waals surface area contributed by atoms with E-state index in [0.717, 1.165) is 5.56 Å². The monoisotopic (exact) mass is 202 g/mol. The number of benzene rings is 2. The molecule has 0 bridgehead atoms. The van der Waals surface area contributed by atoms with Gasteiger partial charge in [0.1, 0.15) is 5.75 Å². The maximum atomic E-state index is 11.0. The number of carbonyl (C=O) groups is 1. The van der Waals surface area contributed by atoms with Gasteiger partial charge in [0.15, 0.2) is 0 Å². The van der Waals surface area contributed by atoms with Crippen molar-refractivity contribution in [1.29, 1.82) is 0 Å². The van der Waals surface area contributed by atoms with Gasteiger partial charge in [0.2, 0.25) is 0 Å². The molecule has 0 saturated carbocycles. The molecule has 3 heteroatoms. The predicted molar refractivity (Wildman–Crippen MR) is 57.3 cm³/mol. The molecule has 2 aromatic carbocycles. The molecule has 0 fully saturated rings. The Bertz CT molecular complexity index is 544. The van der Waals surface area contributed by atoms with Gasteiger partial charge in [-0.1, -0.05) is 18.2 Å². The van der Waals surface area contributed by atoms with Crippen LogP contribution in [0.5, 0.6) is 5.75 Å². The van der Waals surface area contributed by atoms with E-state index in [1.54, 1.807) is 12.1 Å². The van der Waals surface area contributed by atoms with Gasteiger partial charge in [-0.25, -0.2) is 4.79 Å². The molecule has 3 nitrogen and oxygen atoms in total. The Hall–Kier alpha value is -2.03. The van der Waals surface area contributed by atoms with E-state index < -0.39 is 5.97 Å². The number of rotatable bonds is 1.